The molecule has 2 nitrogen and oxygen atoms in total. The normalized spacial score (nSPS) is 8.87. The molecule has 0 fully saturated rings. The van der Waals surface area contributed by atoms with Gasteiger partial charge in [0.1, 0.15) is 5.82 Å². The summed E-state index contributed by atoms with van der Waals surface area (Å²) in [5.74, 6) is -0.178. The molecule has 2 aromatic carbocycles. The molecule has 0 amide bonds. The van der Waals surface area contributed by atoms with Gasteiger partial charge in [-0.15, -0.1) is 0 Å². The summed E-state index contributed by atoms with van der Waals surface area (Å²) in [6, 6.07) is 15.0. The third kappa shape index (κ3) is 4.67. The average molecular weight is 204 g/mol. The molecular formula is C12H13FN2. The minimum Gasteiger partial charge on any atom is -0.399 e. The van der Waals surface area contributed by atoms with Crippen molar-refractivity contribution in [3.63, 3.8) is 0 Å². The molecule has 0 unspecified atom stereocenters. The fourth-order valence-corrected chi connectivity index (χ4v) is 0.911. The molecular weight excluding hydrogens is 191 g/mol. The molecule has 0 bridgehead atoms. The van der Waals surface area contributed by atoms with E-state index in [1.165, 1.54) is 12.1 Å². The number of hydrogen-bond acceptors (Lipinski definition) is 2. The van der Waals surface area contributed by atoms with E-state index in [2.05, 4.69) is 0 Å². The van der Waals surface area contributed by atoms with E-state index in [0.29, 0.717) is 0 Å². The lowest BCUT2D eigenvalue weighted by molar-refractivity contribution is 0.628. The molecule has 0 saturated carbocycles. The van der Waals surface area contributed by atoms with Gasteiger partial charge < -0.3 is 11.5 Å². The van der Waals surface area contributed by atoms with Crippen molar-refractivity contribution in [3.05, 3.63) is 60.4 Å². The number of hydrogen-bond donors (Lipinski definition) is 2. The van der Waals surface area contributed by atoms with Crippen molar-refractivity contribution in [2.75, 3.05) is 11.5 Å². The lowest BCUT2D eigenvalue weighted by Gasteiger charge is -1.90. The Hall–Kier alpha value is -2.03. The van der Waals surface area contributed by atoms with Crippen molar-refractivity contribution in [3.8, 4) is 0 Å². The summed E-state index contributed by atoms with van der Waals surface area (Å²) in [6.07, 6.45) is 0. The quantitative estimate of drug-likeness (QED) is 0.648. The SMILES string of the molecule is Fc1ccccc1.Nc1ccc(N)cc1. The van der Waals surface area contributed by atoms with Gasteiger partial charge in [-0.2, -0.15) is 0 Å². The number of anilines is 2. The molecule has 4 N–H and O–H groups in total. The Morgan fingerprint density at radius 3 is 1.33 bits per heavy atom. The standard InChI is InChI=1S/C6H5F.C6H8N2/c7-6-4-2-1-3-5-6;7-5-1-2-6(8)4-3-5/h1-5H;1-4H,7-8H2. The average Bonchev–Trinajstić information content (AvgIpc) is 2.25. The van der Waals surface area contributed by atoms with Gasteiger partial charge in [0.2, 0.25) is 0 Å². The Kier molecular flexibility index (Phi) is 4.16. The lowest BCUT2D eigenvalue weighted by Crippen LogP contribution is -1.86. The maximum Gasteiger partial charge on any atom is 0.123 e. The van der Waals surface area contributed by atoms with E-state index in [4.69, 9.17) is 11.5 Å². The first-order chi connectivity index (χ1) is 7.18. The Balaban J connectivity index is 0.000000151. The van der Waals surface area contributed by atoms with Gasteiger partial charge in [0, 0.05) is 11.4 Å². The molecule has 0 aliphatic rings. The van der Waals surface area contributed by atoms with E-state index in [1.807, 2.05) is 0 Å². The fourth-order valence-electron chi connectivity index (χ4n) is 0.911. The smallest absolute Gasteiger partial charge is 0.123 e. The summed E-state index contributed by atoms with van der Waals surface area (Å²) in [7, 11) is 0. The summed E-state index contributed by atoms with van der Waals surface area (Å²) in [4.78, 5) is 0. The minimum atomic E-state index is -0.178. The highest BCUT2D eigenvalue weighted by molar-refractivity contribution is 5.47. The number of nitrogens with two attached hydrogens (primary N) is 2. The molecule has 78 valence electrons. The first-order valence-corrected chi connectivity index (χ1v) is 4.50. The summed E-state index contributed by atoms with van der Waals surface area (Å²) in [5.41, 5.74) is 12.2. The zero-order chi connectivity index (χ0) is 11.1. The zero-order valence-corrected chi connectivity index (χ0v) is 8.23. The van der Waals surface area contributed by atoms with Gasteiger partial charge in [0.25, 0.3) is 0 Å². The van der Waals surface area contributed by atoms with Crippen LogP contribution in [0.25, 0.3) is 0 Å². The van der Waals surface area contributed by atoms with E-state index >= 15 is 0 Å². The maximum atomic E-state index is 11.9. The van der Waals surface area contributed by atoms with Gasteiger partial charge in [-0.25, -0.2) is 4.39 Å². The third-order valence-electron chi connectivity index (χ3n) is 1.67. The summed E-state index contributed by atoms with van der Waals surface area (Å²) in [5, 5.41) is 0. The molecule has 3 heteroatoms. The van der Waals surface area contributed by atoms with Crippen molar-refractivity contribution in [2.45, 2.75) is 0 Å². The number of rotatable bonds is 0. The maximum absolute atomic E-state index is 11.9. The van der Waals surface area contributed by atoms with Gasteiger partial charge >= 0.3 is 0 Å². The van der Waals surface area contributed by atoms with E-state index in [-0.39, 0.29) is 5.82 Å². The summed E-state index contributed by atoms with van der Waals surface area (Å²) >= 11 is 0. The molecule has 0 saturated heterocycles. The molecule has 0 atom stereocenters. The second-order valence-corrected chi connectivity index (χ2v) is 2.96. The van der Waals surface area contributed by atoms with E-state index in [0.717, 1.165) is 11.4 Å². The number of benzene rings is 2. The first-order valence-electron chi connectivity index (χ1n) is 4.50. The van der Waals surface area contributed by atoms with E-state index in [1.54, 1.807) is 42.5 Å². The number of halogens is 1. The van der Waals surface area contributed by atoms with Gasteiger partial charge in [-0.05, 0) is 36.4 Å². The predicted molar refractivity (Wildman–Crippen MR) is 61.7 cm³/mol. The Bertz CT molecular complexity index is 363. The molecule has 15 heavy (non-hydrogen) atoms. The molecule has 2 aromatic rings. The van der Waals surface area contributed by atoms with Gasteiger partial charge in [-0.3, -0.25) is 0 Å². The van der Waals surface area contributed by atoms with Crippen LogP contribution in [0, 0.1) is 5.82 Å². The Morgan fingerprint density at radius 2 is 1.07 bits per heavy atom. The fraction of sp³-hybridized carbons (Fsp3) is 0. The largest absolute Gasteiger partial charge is 0.399 e. The lowest BCUT2D eigenvalue weighted by atomic mass is 10.3. The molecule has 0 aliphatic heterocycles. The predicted octanol–water partition coefficient (Wildman–Crippen LogP) is 2.68. The second-order valence-electron chi connectivity index (χ2n) is 2.96. The van der Waals surface area contributed by atoms with Crippen molar-refractivity contribution >= 4 is 11.4 Å². The molecule has 0 aromatic heterocycles. The van der Waals surface area contributed by atoms with Crippen LogP contribution < -0.4 is 11.5 Å². The third-order valence-corrected chi connectivity index (χ3v) is 1.67. The van der Waals surface area contributed by atoms with Crippen LogP contribution in [0.5, 0.6) is 0 Å². The van der Waals surface area contributed by atoms with Gasteiger partial charge in [0.05, 0.1) is 0 Å². The molecule has 0 heterocycles. The monoisotopic (exact) mass is 204 g/mol. The molecule has 0 spiro atoms. The van der Waals surface area contributed by atoms with Crippen LogP contribution in [0.3, 0.4) is 0 Å². The minimum absolute atomic E-state index is 0.178. The van der Waals surface area contributed by atoms with Gasteiger partial charge in [0.15, 0.2) is 0 Å². The zero-order valence-electron chi connectivity index (χ0n) is 8.23. The van der Waals surface area contributed by atoms with Crippen LogP contribution >= 0.6 is 0 Å². The molecule has 0 radical (unpaired) electrons. The highest BCUT2D eigenvalue weighted by Crippen LogP contribution is 2.04. The summed E-state index contributed by atoms with van der Waals surface area (Å²) < 4.78 is 11.9. The molecule has 2 rings (SSSR count). The Labute approximate surface area is 88.3 Å². The van der Waals surface area contributed by atoms with Crippen LogP contribution in [0.2, 0.25) is 0 Å². The van der Waals surface area contributed by atoms with Crippen LogP contribution in [-0.2, 0) is 0 Å². The van der Waals surface area contributed by atoms with E-state index in [9.17, 15) is 4.39 Å². The highest BCUT2D eigenvalue weighted by Gasteiger charge is 1.80. The van der Waals surface area contributed by atoms with Crippen molar-refractivity contribution < 1.29 is 4.39 Å². The van der Waals surface area contributed by atoms with Crippen molar-refractivity contribution in [1.82, 2.24) is 0 Å². The van der Waals surface area contributed by atoms with Crippen LogP contribution in [0.15, 0.2) is 54.6 Å². The second kappa shape index (κ2) is 5.65. The van der Waals surface area contributed by atoms with E-state index < -0.39 is 0 Å². The topological polar surface area (TPSA) is 52.0 Å². The number of nitrogen functional groups attached to an aromatic ring is 2. The van der Waals surface area contributed by atoms with Crippen LogP contribution in [0.1, 0.15) is 0 Å². The molecule has 0 aliphatic carbocycles. The van der Waals surface area contributed by atoms with Crippen molar-refractivity contribution in [2.24, 2.45) is 0 Å². The summed E-state index contributed by atoms with van der Waals surface area (Å²) in [6.45, 7) is 0. The van der Waals surface area contributed by atoms with Crippen LogP contribution in [-0.4, -0.2) is 0 Å². The highest BCUT2D eigenvalue weighted by atomic mass is 19.1. The Morgan fingerprint density at radius 1 is 0.667 bits per heavy atom. The van der Waals surface area contributed by atoms with Crippen molar-refractivity contribution in [1.29, 1.82) is 0 Å². The van der Waals surface area contributed by atoms with Crippen LogP contribution in [0.4, 0.5) is 15.8 Å². The first kappa shape index (κ1) is 11.0. The van der Waals surface area contributed by atoms with Gasteiger partial charge in [-0.1, -0.05) is 18.2 Å².